The van der Waals surface area contributed by atoms with Crippen LogP contribution in [0.2, 0.25) is 0 Å². The maximum absolute atomic E-state index is 15.7. The zero-order chi connectivity index (χ0) is 30.0. The van der Waals surface area contributed by atoms with Crippen LogP contribution < -0.4 is 4.90 Å². The number of aryl methyl sites for hydroxylation is 1. The molecule has 220 valence electrons. The van der Waals surface area contributed by atoms with Gasteiger partial charge in [-0.05, 0) is 31.7 Å². The van der Waals surface area contributed by atoms with Gasteiger partial charge in [0.25, 0.3) is 11.8 Å². The Kier molecular flexibility index (Phi) is 8.51. The van der Waals surface area contributed by atoms with Crippen LogP contribution in [0.25, 0.3) is 16.1 Å². The van der Waals surface area contributed by atoms with Crippen molar-refractivity contribution < 1.29 is 33.4 Å². The predicted octanol–water partition coefficient (Wildman–Crippen LogP) is 5.26. The number of carboxylic acid groups (broad SMARTS) is 1. The number of carboxylic acids is 1. The van der Waals surface area contributed by atoms with E-state index in [4.69, 9.17) is 5.11 Å². The Morgan fingerprint density at radius 3 is 2.43 bits per heavy atom. The number of amides is 2. The van der Waals surface area contributed by atoms with E-state index in [9.17, 15) is 19.5 Å². The van der Waals surface area contributed by atoms with Crippen molar-refractivity contribution in [3.8, 4) is 10.6 Å². The van der Waals surface area contributed by atoms with Crippen LogP contribution >= 0.6 is 11.3 Å². The average molecular weight is 596 g/mol. The number of aliphatic carboxylic acids is 1. The summed E-state index contributed by atoms with van der Waals surface area (Å²) in [4.78, 5) is 45.7. The lowest BCUT2D eigenvalue weighted by Gasteiger charge is -2.33. The van der Waals surface area contributed by atoms with Crippen LogP contribution in [0.1, 0.15) is 46.6 Å². The summed E-state index contributed by atoms with van der Waals surface area (Å²) in [7, 11) is 0. The second-order valence-corrected chi connectivity index (χ2v) is 11.6. The van der Waals surface area contributed by atoms with Crippen molar-refractivity contribution in [3.05, 3.63) is 76.8 Å². The van der Waals surface area contributed by atoms with Gasteiger partial charge in [0, 0.05) is 48.8 Å². The summed E-state index contributed by atoms with van der Waals surface area (Å²) in [5.74, 6) is -5.78. The number of carbonyl (C=O) groups excluding carboxylic acids is 2. The molecule has 0 saturated carbocycles. The number of fused-ring (bicyclic) bond motifs is 1. The number of rotatable bonds is 6. The van der Waals surface area contributed by atoms with Gasteiger partial charge in [0.1, 0.15) is 9.88 Å². The number of likely N-dealkylation sites (tertiary alicyclic amines) is 1. The molecule has 2 aromatic carbocycles. The first-order chi connectivity index (χ1) is 20.0. The van der Waals surface area contributed by atoms with Crippen LogP contribution in [-0.2, 0) is 9.59 Å². The number of nitrogens with zero attached hydrogens (tertiary/aromatic N) is 3. The Labute approximate surface area is 245 Å². The number of anilines is 1. The number of aliphatic hydroxyl groups is 1. The number of piperidine rings is 1. The van der Waals surface area contributed by atoms with Crippen molar-refractivity contribution >= 4 is 40.4 Å². The van der Waals surface area contributed by atoms with Crippen LogP contribution in [0.5, 0.6) is 0 Å². The standard InChI is InChI=1S/C31H31F2N3O5S/c1-19-28(42-29(34-19)21-7-3-2-4-8-21)30(41)36-16-13-31(32,33)23(22-9-5-6-10-24(22)36)17-26(38)35-14-11-20(12-15-35)25(37)18-27(39)40/h2-10,17,20,25,37H,11-16,18H2,1H3,(H,39,40)/b23-17-. The fourth-order valence-electron chi connectivity index (χ4n) is 5.52. The summed E-state index contributed by atoms with van der Waals surface area (Å²) in [5.41, 5.74) is 1.33. The molecule has 1 unspecified atom stereocenters. The molecule has 11 heteroatoms. The van der Waals surface area contributed by atoms with Crippen molar-refractivity contribution in [2.45, 2.75) is 44.6 Å². The SMILES string of the molecule is Cc1nc(-c2ccccc2)sc1C(=O)N1CCC(F)(F)/C(=C\C(=O)N2CCC(C(O)CC(=O)O)CC2)c2ccccc21. The van der Waals surface area contributed by atoms with Crippen molar-refractivity contribution in [1.29, 1.82) is 0 Å². The maximum Gasteiger partial charge on any atom is 0.305 e. The molecule has 2 amide bonds. The highest BCUT2D eigenvalue weighted by molar-refractivity contribution is 7.17. The van der Waals surface area contributed by atoms with Gasteiger partial charge in [0.05, 0.1) is 23.9 Å². The molecule has 5 rings (SSSR count). The van der Waals surface area contributed by atoms with Crippen LogP contribution in [-0.4, -0.2) is 69.5 Å². The highest BCUT2D eigenvalue weighted by atomic mass is 32.1. The first-order valence-electron chi connectivity index (χ1n) is 13.8. The predicted molar refractivity (Wildman–Crippen MR) is 156 cm³/mol. The number of allylic oxidation sites excluding steroid dienone is 1. The van der Waals surface area contributed by atoms with E-state index in [0.717, 1.165) is 11.6 Å². The number of benzene rings is 2. The summed E-state index contributed by atoms with van der Waals surface area (Å²) in [6, 6.07) is 15.8. The Morgan fingerprint density at radius 1 is 1.07 bits per heavy atom. The summed E-state index contributed by atoms with van der Waals surface area (Å²) in [5, 5.41) is 19.7. The van der Waals surface area contributed by atoms with E-state index in [-0.39, 0.29) is 37.5 Å². The van der Waals surface area contributed by atoms with Crippen LogP contribution in [0.15, 0.2) is 60.7 Å². The number of thiazole rings is 1. The first kappa shape index (κ1) is 29.5. The molecular formula is C31H31F2N3O5S. The smallest absolute Gasteiger partial charge is 0.305 e. The lowest BCUT2D eigenvalue weighted by molar-refractivity contribution is -0.141. The summed E-state index contributed by atoms with van der Waals surface area (Å²) < 4.78 is 31.4. The lowest BCUT2D eigenvalue weighted by atomic mass is 9.89. The Bertz CT molecular complexity index is 1520. The summed E-state index contributed by atoms with van der Waals surface area (Å²) >= 11 is 1.22. The van der Waals surface area contributed by atoms with Gasteiger partial charge in [-0.3, -0.25) is 14.4 Å². The van der Waals surface area contributed by atoms with Gasteiger partial charge < -0.3 is 20.0 Å². The molecule has 0 radical (unpaired) electrons. The van der Waals surface area contributed by atoms with E-state index >= 15 is 8.78 Å². The number of aliphatic hydroxyl groups excluding tert-OH is 1. The molecule has 3 heterocycles. The lowest BCUT2D eigenvalue weighted by Crippen LogP contribution is -2.41. The highest BCUT2D eigenvalue weighted by Crippen LogP contribution is 2.44. The summed E-state index contributed by atoms with van der Waals surface area (Å²) in [6.45, 7) is 1.91. The van der Waals surface area contributed by atoms with Gasteiger partial charge >= 0.3 is 5.97 Å². The molecular weight excluding hydrogens is 564 g/mol. The second kappa shape index (κ2) is 12.1. The van der Waals surface area contributed by atoms with Crippen molar-refractivity contribution in [2.75, 3.05) is 24.5 Å². The maximum atomic E-state index is 15.7. The summed E-state index contributed by atoms with van der Waals surface area (Å²) in [6.07, 6.45) is -0.359. The Morgan fingerprint density at radius 2 is 1.74 bits per heavy atom. The molecule has 1 atom stereocenters. The minimum Gasteiger partial charge on any atom is -0.481 e. The molecule has 2 aliphatic heterocycles. The molecule has 1 saturated heterocycles. The van der Waals surface area contributed by atoms with Gasteiger partial charge in [-0.2, -0.15) is 0 Å². The van der Waals surface area contributed by atoms with E-state index in [1.807, 2.05) is 30.3 Å². The van der Waals surface area contributed by atoms with E-state index in [0.29, 0.717) is 34.1 Å². The van der Waals surface area contributed by atoms with E-state index in [2.05, 4.69) is 4.98 Å². The fraction of sp³-hybridized carbons (Fsp3) is 0.355. The minimum absolute atomic E-state index is 0.110. The number of carbonyl (C=O) groups is 3. The zero-order valence-electron chi connectivity index (χ0n) is 23.0. The third-order valence-electron chi connectivity index (χ3n) is 7.83. The molecule has 0 aliphatic carbocycles. The molecule has 1 aromatic heterocycles. The van der Waals surface area contributed by atoms with Gasteiger partial charge in [0.2, 0.25) is 5.91 Å². The van der Waals surface area contributed by atoms with Crippen molar-refractivity contribution in [1.82, 2.24) is 9.88 Å². The molecule has 8 nitrogen and oxygen atoms in total. The van der Waals surface area contributed by atoms with Crippen LogP contribution in [0.4, 0.5) is 14.5 Å². The highest BCUT2D eigenvalue weighted by Gasteiger charge is 2.42. The van der Waals surface area contributed by atoms with Gasteiger partial charge in [0.15, 0.2) is 0 Å². The third-order valence-corrected chi connectivity index (χ3v) is 9.03. The van der Waals surface area contributed by atoms with Gasteiger partial charge in [-0.25, -0.2) is 13.8 Å². The number of halogens is 2. The van der Waals surface area contributed by atoms with Crippen molar-refractivity contribution in [2.24, 2.45) is 5.92 Å². The monoisotopic (exact) mass is 595 g/mol. The number of hydrogen-bond acceptors (Lipinski definition) is 6. The number of alkyl halides is 2. The fourth-order valence-corrected chi connectivity index (χ4v) is 6.54. The van der Waals surface area contributed by atoms with Gasteiger partial charge in [-0.1, -0.05) is 48.5 Å². The molecule has 0 bridgehead atoms. The number of hydrogen-bond donors (Lipinski definition) is 2. The van der Waals surface area contributed by atoms with E-state index < -0.39 is 41.8 Å². The topological polar surface area (TPSA) is 111 Å². The molecule has 1 fully saturated rings. The Hall–Kier alpha value is -3.96. The molecule has 42 heavy (non-hydrogen) atoms. The van der Waals surface area contributed by atoms with Crippen LogP contribution in [0, 0.1) is 12.8 Å². The van der Waals surface area contributed by atoms with Crippen LogP contribution in [0.3, 0.4) is 0 Å². The van der Waals surface area contributed by atoms with E-state index in [1.165, 1.54) is 27.2 Å². The minimum atomic E-state index is -3.38. The van der Waals surface area contributed by atoms with Gasteiger partial charge in [-0.15, -0.1) is 11.3 Å². The molecule has 2 N–H and O–H groups in total. The first-order valence-corrected chi connectivity index (χ1v) is 14.6. The number of aromatic nitrogens is 1. The van der Waals surface area contributed by atoms with Crippen molar-refractivity contribution in [3.63, 3.8) is 0 Å². The Balaban J connectivity index is 1.41. The molecule has 2 aliphatic rings. The average Bonchev–Trinajstić information content (AvgIpc) is 3.33. The zero-order valence-corrected chi connectivity index (χ0v) is 23.8. The largest absolute Gasteiger partial charge is 0.481 e. The molecule has 3 aromatic rings. The quantitative estimate of drug-likeness (QED) is 0.376. The second-order valence-electron chi connectivity index (χ2n) is 10.6. The molecule has 0 spiro atoms. The van der Waals surface area contributed by atoms with E-state index in [1.54, 1.807) is 25.1 Å². The normalized spacial score (nSPS) is 18.8. The number of para-hydroxylation sites is 1. The third kappa shape index (κ3) is 6.12.